The van der Waals surface area contributed by atoms with Crippen LogP contribution in [0.2, 0.25) is 5.02 Å². The fraction of sp³-hybridized carbons (Fsp3) is 0.200. The van der Waals surface area contributed by atoms with Crippen molar-refractivity contribution in [3.05, 3.63) is 76.3 Å². The van der Waals surface area contributed by atoms with Gasteiger partial charge < -0.3 is 10.1 Å². The van der Waals surface area contributed by atoms with Gasteiger partial charge in [-0.3, -0.25) is 4.79 Å². The standard InChI is InChI=1S/C20H20ClNO3/c1-14-4-3-5-16(12-14)6-11-20(24)25-13-19(23)22-15(2)17-7-9-18(21)10-8-17/h3-12,15H,13H2,1-2H3,(H,22,23)/b11-6+/t15-/m1/s1. The van der Waals surface area contributed by atoms with Gasteiger partial charge in [0.1, 0.15) is 0 Å². The fourth-order valence-electron chi connectivity index (χ4n) is 2.24. The second-order valence-electron chi connectivity index (χ2n) is 5.70. The number of amides is 1. The molecule has 0 spiro atoms. The van der Waals surface area contributed by atoms with E-state index in [1.807, 2.05) is 50.2 Å². The maximum Gasteiger partial charge on any atom is 0.331 e. The van der Waals surface area contributed by atoms with Crippen molar-refractivity contribution in [1.29, 1.82) is 0 Å². The molecule has 0 fully saturated rings. The normalized spacial score (nSPS) is 12.0. The summed E-state index contributed by atoms with van der Waals surface area (Å²) < 4.78 is 4.95. The van der Waals surface area contributed by atoms with Gasteiger partial charge >= 0.3 is 5.97 Å². The van der Waals surface area contributed by atoms with Gasteiger partial charge in [0.05, 0.1) is 6.04 Å². The first-order valence-corrected chi connectivity index (χ1v) is 8.28. The van der Waals surface area contributed by atoms with Crippen LogP contribution in [0, 0.1) is 6.92 Å². The molecule has 0 aliphatic heterocycles. The molecule has 0 aromatic heterocycles. The number of benzene rings is 2. The molecule has 2 aromatic carbocycles. The van der Waals surface area contributed by atoms with E-state index in [9.17, 15) is 9.59 Å². The lowest BCUT2D eigenvalue weighted by Crippen LogP contribution is -2.30. The van der Waals surface area contributed by atoms with E-state index in [1.165, 1.54) is 6.08 Å². The van der Waals surface area contributed by atoms with Gasteiger partial charge in [0.25, 0.3) is 5.91 Å². The van der Waals surface area contributed by atoms with E-state index in [0.717, 1.165) is 16.7 Å². The molecule has 0 radical (unpaired) electrons. The molecule has 1 atom stereocenters. The maximum atomic E-state index is 11.9. The Morgan fingerprint density at radius 3 is 2.60 bits per heavy atom. The first kappa shape index (κ1) is 18.7. The zero-order valence-electron chi connectivity index (χ0n) is 14.2. The molecule has 0 saturated heterocycles. The van der Waals surface area contributed by atoms with Crippen molar-refractivity contribution in [1.82, 2.24) is 5.32 Å². The van der Waals surface area contributed by atoms with Crippen LogP contribution in [0.1, 0.15) is 29.7 Å². The van der Waals surface area contributed by atoms with Crippen LogP contribution >= 0.6 is 11.6 Å². The Bertz CT molecular complexity index is 769. The first-order valence-electron chi connectivity index (χ1n) is 7.90. The number of halogens is 1. The summed E-state index contributed by atoms with van der Waals surface area (Å²) in [7, 11) is 0. The molecule has 0 heterocycles. The number of carbonyl (C=O) groups is 2. The van der Waals surface area contributed by atoms with E-state index in [4.69, 9.17) is 16.3 Å². The Kier molecular flexibility index (Phi) is 6.78. The van der Waals surface area contributed by atoms with Gasteiger partial charge in [0.2, 0.25) is 0 Å². The Morgan fingerprint density at radius 1 is 1.20 bits per heavy atom. The summed E-state index contributed by atoms with van der Waals surface area (Å²) in [5.41, 5.74) is 2.92. The number of aryl methyl sites for hydroxylation is 1. The number of hydrogen-bond acceptors (Lipinski definition) is 3. The lowest BCUT2D eigenvalue weighted by Gasteiger charge is -2.14. The number of rotatable bonds is 6. The molecule has 0 unspecified atom stereocenters. The summed E-state index contributed by atoms with van der Waals surface area (Å²) >= 11 is 5.84. The smallest absolute Gasteiger partial charge is 0.331 e. The number of carbonyl (C=O) groups excluding carboxylic acids is 2. The second-order valence-corrected chi connectivity index (χ2v) is 6.13. The van der Waals surface area contributed by atoms with E-state index in [0.29, 0.717) is 5.02 Å². The monoisotopic (exact) mass is 357 g/mol. The predicted octanol–water partition coefficient (Wildman–Crippen LogP) is 4.08. The molecule has 2 aromatic rings. The van der Waals surface area contributed by atoms with Crippen LogP contribution in [0.3, 0.4) is 0 Å². The summed E-state index contributed by atoms with van der Waals surface area (Å²) in [5, 5.41) is 3.40. The number of hydrogen-bond donors (Lipinski definition) is 1. The SMILES string of the molecule is Cc1cccc(/C=C/C(=O)OCC(=O)N[C@H](C)c2ccc(Cl)cc2)c1. The first-order chi connectivity index (χ1) is 11.9. The van der Waals surface area contributed by atoms with Crippen LogP contribution < -0.4 is 5.32 Å². The quantitative estimate of drug-likeness (QED) is 0.626. The molecule has 4 nitrogen and oxygen atoms in total. The Morgan fingerprint density at radius 2 is 1.92 bits per heavy atom. The molecule has 2 rings (SSSR count). The maximum absolute atomic E-state index is 11.9. The fourth-order valence-corrected chi connectivity index (χ4v) is 2.37. The summed E-state index contributed by atoms with van der Waals surface area (Å²) in [6.07, 6.45) is 2.97. The van der Waals surface area contributed by atoms with Crippen LogP contribution in [-0.4, -0.2) is 18.5 Å². The van der Waals surface area contributed by atoms with E-state index < -0.39 is 5.97 Å². The Balaban J connectivity index is 1.79. The third kappa shape index (κ3) is 6.43. The van der Waals surface area contributed by atoms with Gasteiger partial charge in [-0.25, -0.2) is 4.79 Å². The Hall–Kier alpha value is -2.59. The number of ether oxygens (including phenoxy) is 1. The van der Waals surface area contributed by atoms with Crippen LogP contribution in [0.4, 0.5) is 0 Å². The van der Waals surface area contributed by atoms with E-state index in [1.54, 1.807) is 18.2 Å². The highest BCUT2D eigenvalue weighted by Gasteiger charge is 2.11. The molecular formula is C20H20ClNO3. The topological polar surface area (TPSA) is 55.4 Å². The third-order valence-electron chi connectivity index (χ3n) is 3.55. The molecule has 0 bridgehead atoms. The summed E-state index contributed by atoms with van der Waals surface area (Å²) in [6.45, 7) is 3.50. The van der Waals surface area contributed by atoms with Crippen molar-refractivity contribution in [2.45, 2.75) is 19.9 Å². The lowest BCUT2D eigenvalue weighted by atomic mass is 10.1. The van der Waals surface area contributed by atoms with Crippen molar-refractivity contribution < 1.29 is 14.3 Å². The summed E-state index contributed by atoms with van der Waals surface area (Å²) in [6, 6.07) is 14.7. The molecular weight excluding hydrogens is 338 g/mol. The Labute approximate surface area is 152 Å². The molecule has 0 saturated carbocycles. The summed E-state index contributed by atoms with van der Waals surface area (Å²) in [4.78, 5) is 23.6. The predicted molar refractivity (Wildman–Crippen MR) is 99.2 cm³/mol. The zero-order valence-corrected chi connectivity index (χ0v) is 14.9. The van der Waals surface area contributed by atoms with Gasteiger partial charge in [0, 0.05) is 11.1 Å². The molecule has 5 heteroatoms. The van der Waals surface area contributed by atoms with Crippen molar-refractivity contribution >= 4 is 29.6 Å². The number of nitrogens with one attached hydrogen (secondary N) is 1. The average Bonchev–Trinajstić information content (AvgIpc) is 2.58. The minimum Gasteiger partial charge on any atom is -0.452 e. The van der Waals surface area contributed by atoms with Gasteiger partial charge in [0.15, 0.2) is 6.61 Å². The second kappa shape index (κ2) is 9.04. The van der Waals surface area contributed by atoms with E-state index >= 15 is 0 Å². The molecule has 1 N–H and O–H groups in total. The average molecular weight is 358 g/mol. The minimum atomic E-state index is -0.559. The molecule has 0 aliphatic rings. The van der Waals surface area contributed by atoms with Gasteiger partial charge in [-0.1, -0.05) is 53.6 Å². The minimum absolute atomic E-state index is 0.202. The number of esters is 1. The molecule has 130 valence electrons. The van der Waals surface area contributed by atoms with Gasteiger partial charge in [-0.05, 0) is 43.2 Å². The van der Waals surface area contributed by atoms with Crippen LogP contribution in [0.5, 0.6) is 0 Å². The van der Waals surface area contributed by atoms with Crippen molar-refractivity contribution in [3.63, 3.8) is 0 Å². The van der Waals surface area contributed by atoms with Crippen molar-refractivity contribution in [2.75, 3.05) is 6.61 Å². The third-order valence-corrected chi connectivity index (χ3v) is 3.80. The van der Waals surface area contributed by atoms with E-state index in [2.05, 4.69) is 5.32 Å². The van der Waals surface area contributed by atoms with Gasteiger partial charge in [-0.15, -0.1) is 0 Å². The van der Waals surface area contributed by atoms with Crippen molar-refractivity contribution in [3.8, 4) is 0 Å². The van der Waals surface area contributed by atoms with E-state index in [-0.39, 0.29) is 18.6 Å². The van der Waals surface area contributed by atoms with Crippen LogP contribution in [0.25, 0.3) is 6.08 Å². The molecule has 25 heavy (non-hydrogen) atoms. The zero-order chi connectivity index (χ0) is 18.2. The highest BCUT2D eigenvalue weighted by atomic mass is 35.5. The highest BCUT2D eigenvalue weighted by molar-refractivity contribution is 6.30. The van der Waals surface area contributed by atoms with Crippen LogP contribution in [0.15, 0.2) is 54.6 Å². The van der Waals surface area contributed by atoms with Crippen molar-refractivity contribution in [2.24, 2.45) is 0 Å². The summed E-state index contributed by atoms with van der Waals surface area (Å²) in [5.74, 6) is -0.921. The highest BCUT2D eigenvalue weighted by Crippen LogP contribution is 2.15. The largest absolute Gasteiger partial charge is 0.452 e. The molecule has 1 amide bonds. The molecule has 0 aliphatic carbocycles. The van der Waals surface area contributed by atoms with Gasteiger partial charge in [-0.2, -0.15) is 0 Å². The van der Waals surface area contributed by atoms with Crippen LogP contribution in [-0.2, 0) is 14.3 Å². The lowest BCUT2D eigenvalue weighted by molar-refractivity contribution is -0.144.